The van der Waals surface area contributed by atoms with Crippen LogP contribution in [0, 0.1) is 13.8 Å². The number of nitrogens with one attached hydrogen (secondary N) is 2. The van der Waals surface area contributed by atoms with Crippen LogP contribution < -0.4 is 10.6 Å². The minimum atomic E-state index is -1.14. The van der Waals surface area contributed by atoms with Crippen molar-refractivity contribution < 1.29 is 33.8 Å². The van der Waals surface area contributed by atoms with Gasteiger partial charge in [-0.2, -0.15) is 0 Å². The van der Waals surface area contributed by atoms with Crippen LogP contribution >= 0.6 is 0 Å². The number of alkyl carbamates (subject to hydrolysis) is 1. The van der Waals surface area contributed by atoms with E-state index < -0.39 is 47.1 Å². The van der Waals surface area contributed by atoms with Crippen molar-refractivity contribution in [3.05, 3.63) is 64.7 Å². The van der Waals surface area contributed by atoms with E-state index in [1.165, 1.54) is 24.1 Å². The number of amides is 3. The summed E-state index contributed by atoms with van der Waals surface area (Å²) in [4.78, 5) is 54.5. The number of phenolic OH excluding ortho intramolecular Hbond substituents is 1. The van der Waals surface area contributed by atoms with Crippen molar-refractivity contribution in [1.29, 1.82) is 0 Å². The van der Waals surface area contributed by atoms with Crippen LogP contribution in [0.1, 0.15) is 69.8 Å². The Morgan fingerprint density at radius 2 is 1.56 bits per heavy atom. The molecule has 0 bridgehead atoms. The Labute approximate surface area is 242 Å². The Bertz CT molecular complexity index is 1240. The van der Waals surface area contributed by atoms with Gasteiger partial charge in [-0.15, -0.1) is 0 Å². The molecule has 0 aliphatic rings. The maximum absolute atomic E-state index is 14.5. The Morgan fingerprint density at radius 1 is 0.951 bits per heavy atom. The highest BCUT2D eigenvalue weighted by Crippen LogP contribution is 2.33. The molecule has 0 aliphatic heterocycles. The van der Waals surface area contributed by atoms with Crippen molar-refractivity contribution in [3.63, 3.8) is 0 Å². The summed E-state index contributed by atoms with van der Waals surface area (Å²) < 4.78 is 10.1. The first-order chi connectivity index (χ1) is 18.9. The van der Waals surface area contributed by atoms with Gasteiger partial charge in [0.25, 0.3) is 0 Å². The molecule has 224 valence electrons. The number of benzene rings is 2. The van der Waals surface area contributed by atoms with Gasteiger partial charge in [-0.25, -0.2) is 4.79 Å². The van der Waals surface area contributed by atoms with Crippen molar-refractivity contribution >= 4 is 23.9 Å². The molecule has 0 aliphatic carbocycles. The molecule has 0 radical (unpaired) electrons. The Morgan fingerprint density at radius 3 is 2.10 bits per heavy atom. The molecule has 2 unspecified atom stereocenters. The van der Waals surface area contributed by atoms with Crippen LogP contribution in [0.15, 0.2) is 42.5 Å². The first-order valence-corrected chi connectivity index (χ1v) is 13.5. The summed E-state index contributed by atoms with van der Waals surface area (Å²) in [7, 11) is 1.22. The van der Waals surface area contributed by atoms with Gasteiger partial charge < -0.3 is 30.1 Å². The fourth-order valence-corrected chi connectivity index (χ4v) is 4.33. The number of carbonyl (C=O) groups excluding carboxylic acids is 4. The second kappa shape index (κ2) is 13.5. The number of hydrogen-bond acceptors (Lipinski definition) is 7. The normalized spacial score (nSPS) is 13.0. The predicted molar refractivity (Wildman–Crippen MR) is 155 cm³/mol. The lowest BCUT2D eigenvalue weighted by Crippen LogP contribution is -2.59. The topological polar surface area (TPSA) is 134 Å². The first kappa shape index (κ1) is 33.1. The van der Waals surface area contributed by atoms with Crippen molar-refractivity contribution in [2.24, 2.45) is 0 Å². The van der Waals surface area contributed by atoms with Crippen LogP contribution in [0.3, 0.4) is 0 Å². The van der Waals surface area contributed by atoms with E-state index in [1.807, 2.05) is 19.9 Å². The minimum Gasteiger partial charge on any atom is -0.508 e. The number of nitrogens with zero attached hydrogens (tertiary/aromatic N) is 1. The summed E-state index contributed by atoms with van der Waals surface area (Å²) in [6.45, 7) is 13.9. The number of aryl methyl sites for hydroxylation is 1. The maximum atomic E-state index is 14.5. The SMILES string of the molecule is COC(=O)CNC(=O)C(c1cccc(C)c1C)N(C(=O)C(Cc1ccc(O)cc1)NC(=O)OC(C)(C)C)C(C)(C)C. The van der Waals surface area contributed by atoms with Gasteiger partial charge in [-0.1, -0.05) is 30.3 Å². The monoisotopic (exact) mass is 569 g/mol. The number of aromatic hydroxyl groups is 1. The molecule has 0 saturated heterocycles. The summed E-state index contributed by atoms with van der Waals surface area (Å²) in [5.74, 6) is -1.68. The van der Waals surface area contributed by atoms with Crippen LogP contribution in [-0.4, -0.2) is 64.7 Å². The molecule has 41 heavy (non-hydrogen) atoms. The Hall–Kier alpha value is -4.08. The molecule has 10 heteroatoms. The van der Waals surface area contributed by atoms with E-state index in [2.05, 4.69) is 15.4 Å². The molecule has 2 aromatic rings. The van der Waals surface area contributed by atoms with Gasteiger partial charge in [-0.05, 0) is 89.8 Å². The number of phenols is 1. The summed E-state index contributed by atoms with van der Waals surface area (Å²) in [5, 5.41) is 15.0. The van der Waals surface area contributed by atoms with E-state index in [9.17, 15) is 24.3 Å². The fraction of sp³-hybridized carbons (Fsp3) is 0.484. The number of methoxy groups -OCH3 is 1. The van der Waals surface area contributed by atoms with Crippen LogP contribution in [0.4, 0.5) is 4.79 Å². The molecular weight excluding hydrogens is 526 g/mol. The highest BCUT2D eigenvalue weighted by atomic mass is 16.6. The summed E-state index contributed by atoms with van der Waals surface area (Å²) >= 11 is 0. The number of esters is 1. The predicted octanol–water partition coefficient (Wildman–Crippen LogP) is 4.10. The standard InChI is InChI=1S/C31H43N3O7/c1-19-11-10-12-23(20(19)2)26(27(37)32-18-25(36)40-9)34(30(3,4)5)28(38)24(33-29(39)41-31(6,7)8)17-21-13-15-22(35)16-14-21/h10-16,24,26,35H,17-18H2,1-9H3,(H,32,37)(H,33,39). The number of ether oxygens (including phenoxy) is 2. The van der Waals surface area contributed by atoms with Gasteiger partial charge in [0, 0.05) is 12.0 Å². The number of rotatable bonds is 9. The average Bonchev–Trinajstić information content (AvgIpc) is 2.86. The Balaban J connectivity index is 2.66. The van der Waals surface area contributed by atoms with Crippen LogP contribution in [0.5, 0.6) is 5.75 Å². The lowest BCUT2D eigenvalue weighted by Gasteiger charge is -2.43. The highest BCUT2D eigenvalue weighted by Gasteiger charge is 2.42. The molecule has 3 N–H and O–H groups in total. The van der Waals surface area contributed by atoms with Crippen LogP contribution in [0.25, 0.3) is 0 Å². The van der Waals surface area contributed by atoms with E-state index in [0.29, 0.717) is 11.1 Å². The summed E-state index contributed by atoms with van der Waals surface area (Å²) in [6.07, 6.45) is -0.726. The van der Waals surface area contributed by atoms with E-state index in [4.69, 9.17) is 4.74 Å². The molecule has 2 aromatic carbocycles. The molecule has 0 fully saturated rings. The fourth-order valence-electron chi connectivity index (χ4n) is 4.33. The third kappa shape index (κ3) is 9.51. The molecule has 0 spiro atoms. The van der Waals surface area contributed by atoms with Gasteiger partial charge >= 0.3 is 12.1 Å². The molecule has 3 amide bonds. The quantitative estimate of drug-likeness (QED) is 0.387. The molecule has 0 saturated carbocycles. The lowest BCUT2D eigenvalue weighted by atomic mass is 9.90. The van der Waals surface area contributed by atoms with E-state index in [0.717, 1.165) is 11.1 Å². The van der Waals surface area contributed by atoms with E-state index >= 15 is 0 Å². The maximum Gasteiger partial charge on any atom is 0.408 e. The summed E-state index contributed by atoms with van der Waals surface area (Å²) in [5.41, 5.74) is 1.25. The first-order valence-electron chi connectivity index (χ1n) is 13.5. The third-order valence-corrected chi connectivity index (χ3v) is 6.41. The van der Waals surface area contributed by atoms with Crippen molar-refractivity contribution in [2.75, 3.05) is 13.7 Å². The van der Waals surface area contributed by atoms with Crippen LogP contribution in [0.2, 0.25) is 0 Å². The molecule has 2 rings (SSSR count). The smallest absolute Gasteiger partial charge is 0.408 e. The zero-order valence-electron chi connectivity index (χ0n) is 25.5. The zero-order chi connectivity index (χ0) is 31.1. The molecule has 2 atom stereocenters. The lowest BCUT2D eigenvalue weighted by molar-refractivity contribution is -0.149. The largest absolute Gasteiger partial charge is 0.508 e. The molecule has 0 aromatic heterocycles. The molecule has 0 heterocycles. The summed E-state index contributed by atoms with van der Waals surface area (Å²) in [6, 6.07) is 9.49. The van der Waals surface area contributed by atoms with Gasteiger partial charge in [0.05, 0.1) is 7.11 Å². The minimum absolute atomic E-state index is 0.0605. The van der Waals surface area contributed by atoms with E-state index in [-0.39, 0.29) is 18.7 Å². The highest BCUT2D eigenvalue weighted by molar-refractivity contribution is 5.94. The van der Waals surface area contributed by atoms with Crippen molar-refractivity contribution in [3.8, 4) is 5.75 Å². The van der Waals surface area contributed by atoms with Gasteiger partial charge in [-0.3, -0.25) is 14.4 Å². The number of carbonyl (C=O) groups is 4. The van der Waals surface area contributed by atoms with Crippen molar-refractivity contribution in [2.45, 2.75) is 85.0 Å². The zero-order valence-corrected chi connectivity index (χ0v) is 25.5. The third-order valence-electron chi connectivity index (χ3n) is 6.41. The number of hydrogen-bond donors (Lipinski definition) is 3. The average molecular weight is 570 g/mol. The van der Waals surface area contributed by atoms with E-state index in [1.54, 1.807) is 65.8 Å². The second-order valence-electron chi connectivity index (χ2n) is 11.9. The molecular formula is C31H43N3O7. The molecule has 10 nitrogen and oxygen atoms in total. The second-order valence-corrected chi connectivity index (χ2v) is 11.9. The van der Waals surface area contributed by atoms with Crippen LogP contribution in [-0.2, 0) is 30.3 Å². The van der Waals surface area contributed by atoms with Crippen molar-refractivity contribution in [1.82, 2.24) is 15.5 Å². The van der Waals surface area contributed by atoms with Gasteiger partial charge in [0.1, 0.15) is 30.0 Å². The Kier molecular flexibility index (Phi) is 10.9. The van der Waals surface area contributed by atoms with Gasteiger partial charge in [0.15, 0.2) is 0 Å². The van der Waals surface area contributed by atoms with Gasteiger partial charge in [0.2, 0.25) is 11.8 Å².